The number of hydrogen-bond acceptors (Lipinski definition) is 2. The standard InChI is InChI=1S/C15H17BrN2O/c1-11-6-12(2-3-15(11)16)8-18-9-14(7-17-18)13-4-5-19-10-13/h2-3,6-7,9,13H,4-5,8,10H2,1H3. The zero-order valence-electron chi connectivity index (χ0n) is 11.0. The van der Waals surface area contributed by atoms with Crippen LogP contribution in [0.3, 0.4) is 0 Å². The summed E-state index contributed by atoms with van der Waals surface area (Å²) in [6, 6.07) is 6.43. The van der Waals surface area contributed by atoms with E-state index in [0.717, 1.165) is 30.7 Å². The molecule has 1 atom stereocenters. The van der Waals surface area contributed by atoms with Gasteiger partial charge >= 0.3 is 0 Å². The minimum atomic E-state index is 0.528. The molecule has 2 aromatic rings. The minimum Gasteiger partial charge on any atom is -0.381 e. The summed E-state index contributed by atoms with van der Waals surface area (Å²) in [5.74, 6) is 0.528. The number of hydrogen-bond donors (Lipinski definition) is 0. The van der Waals surface area contributed by atoms with E-state index in [1.165, 1.54) is 16.7 Å². The normalized spacial score (nSPS) is 18.9. The maximum atomic E-state index is 5.43. The molecule has 1 aliphatic rings. The first kappa shape index (κ1) is 12.9. The molecule has 0 amide bonds. The lowest BCUT2D eigenvalue weighted by molar-refractivity contribution is 0.194. The van der Waals surface area contributed by atoms with Crippen molar-refractivity contribution in [3.8, 4) is 0 Å². The summed E-state index contributed by atoms with van der Waals surface area (Å²) in [4.78, 5) is 0. The molecule has 1 aromatic carbocycles. The van der Waals surface area contributed by atoms with Crippen molar-refractivity contribution < 1.29 is 4.74 Å². The monoisotopic (exact) mass is 320 g/mol. The van der Waals surface area contributed by atoms with Crippen molar-refractivity contribution in [1.29, 1.82) is 0 Å². The molecule has 0 aliphatic carbocycles. The number of halogens is 1. The molecule has 0 bridgehead atoms. The van der Waals surface area contributed by atoms with Gasteiger partial charge < -0.3 is 4.74 Å². The Morgan fingerprint density at radius 1 is 1.47 bits per heavy atom. The maximum absolute atomic E-state index is 5.43. The number of nitrogens with zero attached hydrogens (tertiary/aromatic N) is 2. The largest absolute Gasteiger partial charge is 0.381 e. The van der Waals surface area contributed by atoms with E-state index in [0.29, 0.717) is 5.92 Å². The molecule has 100 valence electrons. The summed E-state index contributed by atoms with van der Waals surface area (Å²) in [6.45, 7) is 4.64. The molecule has 1 saturated heterocycles. The quantitative estimate of drug-likeness (QED) is 0.865. The van der Waals surface area contributed by atoms with Crippen molar-refractivity contribution in [3.05, 3.63) is 51.8 Å². The van der Waals surface area contributed by atoms with Gasteiger partial charge in [-0.05, 0) is 36.1 Å². The number of rotatable bonds is 3. The molecule has 19 heavy (non-hydrogen) atoms. The zero-order chi connectivity index (χ0) is 13.2. The minimum absolute atomic E-state index is 0.528. The Labute approximate surface area is 121 Å². The van der Waals surface area contributed by atoms with Crippen LogP contribution in [0.2, 0.25) is 0 Å². The maximum Gasteiger partial charge on any atom is 0.0659 e. The van der Waals surface area contributed by atoms with E-state index in [-0.39, 0.29) is 0 Å². The zero-order valence-corrected chi connectivity index (χ0v) is 12.6. The van der Waals surface area contributed by atoms with Crippen LogP contribution < -0.4 is 0 Å². The van der Waals surface area contributed by atoms with Gasteiger partial charge in [-0.2, -0.15) is 5.10 Å². The van der Waals surface area contributed by atoms with Crippen LogP contribution in [0.5, 0.6) is 0 Å². The summed E-state index contributed by atoms with van der Waals surface area (Å²) in [7, 11) is 0. The van der Waals surface area contributed by atoms with Crippen LogP contribution in [-0.4, -0.2) is 23.0 Å². The molecule has 1 aromatic heterocycles. The summed E-state index contributed by atoms with van der Waals surface area (Å²) in [5.41, 5.74) is 3.83. The second-order valence-electron chi connectivity index (χ2n) is 5.12. The van der Waals surface area contributed by atoms with E-state index in [9.17, 15) is 0 Å². The molecule has 2 heterocycles. The average Bonchev–Trinajstić information content (AvgIpc) is 3.04. The van der Waals surface area contributed by atoms with E-state index in [1.807, 2.05) is 10.9 Å². The molecule has 1 fully saturated rings. The van der Waals surface area contributed by atoms with Gasteiger partial charge in [0.1, 0.15) is 0 Å². The lowest BCUT2D eigenvalue weighted by Crippen LogP contribution is -2.01. The van der Waals surface area contributed by atoms with Crippen LogP contribution in [-0.2, 0) is 11.3 Å². The second-order valence-corrected chi connectivity index (χ2v) is 5.97. The first-order chi connectivity index (χ1) is 9.22. The van der Waals surface area contributed by atoms with Gasteiger partial charge in [0.15, 0.2) is 0 Å². The van der Waals surface area contributed by atoms with Gasteiger partial charge in [0.05, 0.1) is 19.3 Å². The summed E-state index contributed by atoms with van der Waals surface area (Å²) < 4.78 is 8.59. The highest BCUT2D eigenvalue weighted by Crippen LogP contribution is 2.24. The molecule has 3 rings (SSSR count). The number of aromatic nitrogens is 2. The first-order valence-corrected chi connectivity index (χ1v) is 7.37. The topological polar surface area (TPSA) is 27.1 Å². The molecular weight excluding hydrogens is 304 g/mol. The molecule has 3 nitrogen and oxygen atoms in total. The fourth-order valence-corrected chi connectivity index (χ4v) is 2.71. The van der Waals surface area contributed by atoms with E-state index in [2.05, 4.69) is 52.3 Å². The summed E-state index contributed by atoms with van der Waals surface area (Å²) >= 11 is 3.53. The highest BCUT2D eigenvalue weighted by Gasteiger charge is 2.19. The highest BCUT2D eigenvalue weighted by atomic mass is 79.9. The molecule has 4 heteroatoms. The van der Waals surface area contributed by atoms with Crippen LogP contribution >= 0.6 is 15.9 Å². The van der Waals surface area contributed by atoms with Crippen molar-refractivity contribution in [2.24, 2.45) is 0 Å². The number of benzene rings is 1. The Bertz CT molecular complexity index is 573. The van der Waals surface area contributed by atoms with Crippen LogP contribution in [0.15, 0.2) is 35.1 Å². The predicted molar refractivity (Wildman–Crippen MR) is 78.4 cm³/mol. The van der Waals surface area contributed by atoms with E-state index < -0.39 is 0 Å². The SMILES string of the molecule is Cc1cc(Cn2cc(C3CCOC3)cn2)ccc1Br. The Morgan fingerprint density at radius 2 is 2.37 bits per heavy atom. The van der Waals surface area contributed by atoms with Crippen molar-refractivity contribution in [3.63, 3.8) is 0 Å². The van der Waals surface area contributed by atoms with Gasteiger partial charge in [-0.3, -0.25) is 4.68 Å². The third-order valence-electron chi connectivity index (χ3n) is 3.62. The lowest BCUT2D eigenvalue weighted by atomic mass is 10.0. The average molecular weight is 321 g/mol. The molecule has 1 aliphatic heterocycles. The van der Waals surface area contributed by atoms with E-state index in [1.54, 1.807) is 0 Å². The van der Waals surface area contributed by atoms with Gasteiger partial charge in [0.2, 0.25) is 0 Å². The highest BCUT2D eigenvalue weighted by molar-refractivity contribution is 9.10. The van der Waals surface area contributed by atoms with Gasteiger partial charge in [-0.25, -0.2) is 0 Å². The number of ether oxygens (including phenoxy) is 1. The fraction of sp³-hybridized carbons (Fsp3) is 0.400. The van der Waals surface area contributed by atoms with Crippen LogP contribution in [0, 0.1) is 6.92 Å². The summed E-state index contributed by atoms with van der Waals surface area (Å²) in [6.07, 6.45) is 5.24. The van der Waals surface area contributed by atoms with Crippen molar-refractivity contribution in [1.82, 2.24) is 9.78 Å². The van der Waals surface area contributed by atoms with Crippen LogP contribution in [0.1, 0.15) is 29.0 Å². The van der Waals surface area contributed by atoms with Crippen LogP contribution in [0.4, 0.5) is 0 Å². The van der Waals surface area contributed by atoms with Crippen molar-refractivity contribution in [2.45, 2.75) is 25.8 Å². The van der Waals surface area contributed by atoms with Crippen molar-refractivity contribution >= 4 is 15.9 Å². The molecular formula is C15H17BrN2O. The van der Waals surface area contributed by atoms with Gasteiger partial charge in [0.25, 0.3) is 0 Å². The van der Waals surface area contributed by atoms with Crippen LogP contribution in [0.25, 0.3) is 0 Å². The lowest BCUT2D eigenvalue weighted by Gasteiger charge is -2.05. The van der Waals surface area contributed by atoms with E-state index in [4.69, 9.17) is 4.74 Å². The fourth-order valence-electron chi connectivity index (χ4n) is 2.47. The molecule has 0 N–H and O–H groups in total. The smallest absolute Gasteiger partial charge is 0.0659 e. The van der Waals surface area contributed by atoms with Gasteiger partial charge in [0, 0.05) is 23.2 Å². The number of aryl methyl sites for hydroxylation is 1. The summed E-state index contributed by atoms with van der Waals surface area (Å²) in [5, 5.41) is 4.46. The third kappa shape index (κ3) is 2.90. The molecule has 0 radical (unpaired) electrons. The predicted octanol–water partition coefficient (Wildman–Crippen LogP) is 3.51. The van der Waals surface area contributed by atoms with Crippen molar-refractivity contribution in [2.75, 3.05) is 13.2 Å². The molecule has 1 unspecified atom stereocenters. The Balaban J connectivity index is 1.74. The first-order valence-electron chi connectivity index (χ1n) is 6.57. The van der Waals surface area contributed by atoms with E-state index >= 15 is 0 Å². The Hall–Kier alpha value is -1.13. The van der Waals surface area contributed by atoms with Gasteiger partial charge in [-0.1, -0.05) is 28.1 Å². The second kappa shape index (κ2) is 5.47. The molecule has 0 spiro atoms. The Kier molecular flexibility index (Phi) is 3.71. The Morgan fingerprint density at radius 3 is 3.11 bits per heavy atom. The third-order valence-corrected chi connectivity index (χ3v) is 4.51. The van der Waals surface area contributed by atoms with Gasteiger partial charge in [-0.15, -0.1) is 0 Å². The molecule has 0 saturated carbocycles.